The van der Waals surface area contributed by atoms with Crippen LogP contribution in [0.3, 0.4) is 0 Å². The molecule has 3 rings (SSSR count). The van der Waals surface area contributed by atoms with Gasteiger partial charge in [-0.15, -0.1) is 11.3 Å². The largest absolute Gasteiger partial charge is 0.383 e. The smallest absolute Gasteiger partial charge is 0.288 e. The van der Waals surface area contributed by atoms with Crippen molar-refractivity contribution in [2.75, 3.05) is 37.8 Å². The normalized spacial score (nSPS) is 19.3. The van der Waals surface area contributed by atoms with E-state index in [-0.39, 0.29) is 17.0 Å². The Bertz CT molecular complexity index is 931. The summed E-state index contributed by atoms with van der Waals surface area (Å²) < 4.78 is 29.6. The number of nitrogens with one attached hydrogen (secondary N) is 1. The number of ether oxygens (including phenoxy) is 1. The summed E-state index contributed by atoms with van der Waals surface area (Å²) in [7, 11) is -3.72. The van der Waals surface area contributed by atoms with Crippen LogP contribution in [0.2, 0.25) is 0 Å². The fraction of sp³-hybridized carbons (Fsp3) is 0.444. The average Bonchev–Trinajstić information content (AvgIpc) is 3.15. The standard InChI is InChI=1S/C18H23N3O5S2/c1-13-12-20(7-8-26-13)16(17-4-3-9-27-17)11-19-14-5-6-15(21(22)23)18(10-14)28(2,24)25/h3-6,9-10,13,16,19H,7-8,11-12H2,1-2H3. The molecule has 1 aliphatic heterocycles. The van der Waals surface area contributed by atoms with Crippen molar-refractivity contribution in [2.45, 2.75) is 24.0 Å². The van der Waals surface area contributed by atoms with Gasteiger partial charge >= 0.3 is 0 Å². The van der Waals surface area contributed by atoms with E-state index in [4.69, 9.17) is 4.74 Å². The van der Waals surface area contributed by atoms with Gasteiger partial charge in [0.15, 0.2) is 9.84 Å². The van der Waals surface area contributed by atoms with Crippen LogP contribution in [0.15, 0.2) is 40.6 Å². The monoisotopic (exact) mass is 425 g/mol. The van der Waals surface area contributed by atoms with Gasteiger partial charge in [0, 0.05) is 42.5 Å². The van der Waals surface area contributed by atoms with Gasteiger partial charge in [-0.1, -0.05) is 6.07 Å². The molecule has 1 fully saturated rings. The van der Waals surface area contributed by atoms with Crippen molar-refractivity contribution in [1.82, 2.24) is 4.90 Å². The van der Waals surface area contributed by atoms with Crippen molar-refractivity contribution in [3.8, 4) is 0 Å². The lowest BCUT2D eigenvalue weighted by molar-refractivity contribution is -0.387. The molecule has 1 saturated heterocycles. The van der Waals surface area contributed by atoms with E-state index in [9.17, 15) is 18.5 Å². The minimum absolute atomic E-state index is 0.100. The van der Waals surface area contributed by atoms with Crippen molar-refractivity contribution in [1.29, 1.82) is 0 Å². The third-order valence-corrected chi connectivity index (χ3v) is 6.74. The van der Waals surface area contributed by atoms with Crippen LogP contribution in [0.25, 0.3) is 0 Å². The van der Waals surface area contributed by atoms with E-state index in [1.54, 1.807) is 17.4 Å². The molecule has 0 aliphatic carbocycles. The molecule has 1 N–H and O–H groups in total. The Kier molecular flexibility index (Phi) is 6.33. The summed E-state index contributed by atoms with van der Waals surface area (Å²) in [5.74, 6) is 0. The van der Waals surface area contributed by atoms with E-state index < -0.39 is 20.4 Å². The van der Waals surface area contributed by atoms with Gasteiger partial charge in [-0.2, -0.15) is 0 Å². The number of morpholine rings is 1. The van der Waals surface area contributed by atoms with Gasteiger partial charge in [0.1, 0.15) is 4.90 Å². The van der Waals surface area contributed by atoms with Crippen LogP contribution in [-0.2, 0) is 14.6 Å². The first-order chi connectivity index (χ1) is 13.3. The van der Waals surface area contributed by atoms with Crippen molar-refractivity contribution >= 4 is 32.5 Å². The van der Waals surface area contributed by atoms with Crippen molar-refractivity contribution in [3.63, 3.8) is 0 Å². The zero-order chi connectivity index (χ0) is 20.3. The van der Waals surface area contributed by atoms with Gasteiger partial charge in [0.2, 0.25) is 0 Å². The highest BCUT2D eigenvalue weighted by atomic mass is 32.2. The van der Waals surface area contributed by atoms with Crippen molar-refractivity contribution in [3.05, 3.63) is 50.7 Å². The Labute approximate surface area is 168 Å². The highest BCUT2D eigenvalue weighted by Crippen LogP contribution is 2.30. The van der Waals surface area contributed by atoms with E-state index in [1.807, 2.05) is 18.4 Å². The molecule has 10 heteroatoms. The minimum atomic E-state index is -3.72. The summed E-state index contributed by atoms with van der Waals surface area (Å²) in [6.45, 7) is 4.87. The molecular weight excluding hydrogens is 402 g/mol. The zero-order valence-electron chi connectivity index (χ0n) is 15.7. The number of hydrogen-bond acceptors (Lipinski definition) is 8. The van der Waals surface area contributed by atoms with Gasteiger partial charge in [0.25, 0.3) is 5.69 Å². The van der Waals surface area contributed by atoms with Crippen LogP contribution in [0.1, 0.15) is 17.8 Å². The first kappa shape index (κ1) is 20.7. The second-order valence-electron chi connectivity index (χ2n) is 6.80. The number of sulfone groups is 1. The average molecular weight is 426 g/mol. The third-order valence-electron chi connectivity index (χ3n) is 4.64. The maximum Gasteiger partial charge on any atom is 0.288 e. The third kappa shape index (κ3) is 4.88. The number of hydrogen-bond donors (Lipinski definition) is 1. The molecule has 2 unspecified atom stereocenters. The predicted molar refractivity (Wildman–Crippen MR) is 109 cm³/mol. The van der Waals surface area contributed by atoms with E-state index in [0.29, 0.717) is 18.8 Å². The van der Waals surface area contributed by atoms with Crippen LogP contribution < -0.4 is 5.32 Å². The van der Waals surface area contributed by atoms with E-state index in [2.05, 4.69) is 16.3 Å². The highest BCUT2D eigenvalue weighted by Gasteiger charge is 2.27. The molecular formula is C18H23N3O5S2. The summed E-state index contributed by atoms with van der Waals surface area (Å²) >= 11 is 1.67. The van der Waals surface area contributed by atoms with Gasteiger partial charge in [-0.3, -0.25) is 15.0 Å². The van der Waals surface area contributed by atoms with Gasteiger partial charge < -0.3 is 10.1 Å². The van der Waals surface area contributed by atoms with Crippen LogP contribution >= 0.6 is 11.3 Å². The molecule has 28 heavy (non-hydrogen) atoms. The van der Waals surface area contributed by atoms with Crippen LogP contribution in [0.4, 0.5) is 11.4 Å². The van der Waals surface area contributed by atoms with E-state index in [1.165, 1.54) is 17.0 Å². The Morgan fingerprint density at radius 2 is 2.21 bits per heavy atom. The molecule has 0 spiro atoms. The molecule has 1 aromatic carbocycles. The zero-order valence-corrected chi connectivity index (χ0v) is 17.3. The lowest BCUT2D eigenvalue weighted by Gasteiger charge is -2.37. The Hall–Kier alpha value is -2.01. The summed E-state index contributed by atoms with van der Waals surface area (Å²) in [6, 6.07) is 8.29. The van der Waals surface area contributed by atoms with Crippen LogP contribution in [0, 0.1) is 10.1 Å². The lowest BCUT2D eigenvalue weighted by Crippen LogP contribution is -2.44. The van der Waals surface area contributed by atoms with Crippen LogP contribution in [0.5, 0.6) is 0 Å². The molecule has 8 nitrogen and oxygen atoms in total. The quantitative estimate of drug-likeness (QED) is 0.537. The van der Waals surface area contributed by atoms with E-state index in [0.717, 1.165) is 19.3 Å². The SMILES string of the molecule is CC1CN(C(CNc2ccc([N+](=O)[O-])c(S(C)(=O)=O)c2)c2cccs2)CCO1. The molecule has 0 radical (unpaired) electrons. The van der Waals surface area contributed by atoms with Crippen molar-refractivity contribution < 1.29 is 18.1 Å². The summed E-state index contributed by atoms with van der Waals surface area (Å²) in [5, 5.41) is 16.4. The molecule has 152 valence electrons. The first-order valence-corrected chi connectivity index (χ1v) is 11.6. The van der Waals surface area contributed by atoms with Crippen molar-refractivity contribution in [2.24, 2.45) is 0 Å². The van der Waals surface area contributed by atoms with Gasteiger partial charge in [-0.05, 0) is 30.5 Å². The predicted octanol–water partition coefficient (Wildman–Crippen LogP) is 2.93. The molecule has 2 aromatic rings. The molecule has 0 amide bonds. The Morgan fingerprint density at radius 3 is 2.82 bits per heavy atom. The molecule has 0 bridgehead atoms. The molecule has 0 saturated carbocycles. The number of benzene rings is 1. The number of anilines is 1. The van der Waals surface area contributed by atoms with Crippen LogP contribution in [-0.4, -0.2) is 56.8 Å². The highest BCUT2D eigenvalue weighted by molar-refractivity contribution is 7.90. The summed E-state index contributed by atoms with van der Waals surface area (Å²) in [5.41, 5.74) is 0.124. The number of nitrogens with zero attached hydrogens (tertiary/aromatic N) is 2. The Morgan fingerprint density at radius 1 is 1.43 bits per heavy atom. The summed E-state index contributed by atoms with van der Waals surface area (Å²) in [4.78, 5) is 13.7. The second kappa shape index (κ2) is 8.56. The van der Waals surface area contributed by atoms with Gasteiger partial charge in [-0.25, -0.2) is 8.42 Å². The first-order valence-electron chi connectivity index (χ1n) is 8.87. The fourth-order valence-electron chi connectivity index (χ4n) is 3.31. The van der Waals surface area contributed by atoms with E-state index >= 15 is 0 Å². The maximum absolute atomic E-state index is 12.0. The lowest BCUT2D eigenvalue weighted by atomic mass is 10.1. The number of nitro benzene ring substituents is 1. The second-order valence-corrected chi connectivity index (χ2v) is 9.76. The number of thiophene rings is 1. The molecule has 1 aromatic heterocycles. The van der Waals surface area contributed by atoms with Gasteiger partial charge in [0.05, 0.1) is 23.7 Å². The number of rotatable bonds is 7. The fourth-order valence-corrected chi connectivity index (χ4v) is 5.03. The number of nitro groups is 1. The molecule has 2 atom stereocenters. The Balaban J connectivity index is 1.82. The summed E-state index contributed by atoms with van der Waals surface area (Å²) in [6.07, 6.45) is 1.12. The minimum Gasteiger partial charge on any atom is -0.383 e. The maximum atomic E-state index is 12.0. The molecule has 2 heterocycles. The topological polar surface area (TPSA) is 102 Å². The molecule has 1 aliphatic rings.